The van der Waals surface area contributed by atoms with Crippen LogP contribution in [0.15, 0.2) is 47.4 Å². The van der Waals surface area contributed by atoms with E-state index in [4.69, 9.17) is 0 Å². The largest absolute Gasteiger partial charge is 0.358 e. The summed E-state index contributed by atoms with van der Waals surface area (Å²) >= 11 is 0. The first kappa shape index (κ1) is 18.9. The number of hydrogen-bond acceptors (Lipinski definition) is 3. The van der Waals surface area contributed by atoms with Crippen molar-refractivity contribution in [1.29, 1.82) is 0 Å². The van der Waals surface area contributed by atoms with Crippen molar-refractivity contribution in [3.63, 3.8) is 0 Å². The van der Waals surface area contributed by atoms with Crippen LogP contribution in [0.25, 0.3) is 21.8 Å². The quantitative estimate of drug-likeness (QED) is 0.584. The van der Waals surface area contributed by atoms with Crippen molar-refractivity contribution in [1.82, 2.24) is 19.7 Å². The number of carbonyl (C=O) groups excluding carboxylic acids is 1. The Morgan fingerprint density at radius 2 is 1.76 bits per heavy atom. The molecule has 0 aliphatic heterocycles. The van der Waals surface area contributed by atoms with Gasteiger partial charge in [0, 0.05) is 29.9 Å². The molecule has 0 saturated carbocycles. The predicted octanol–water partition coefficient (Wildman–Crippen LogP) is 3.07. The molecule has 2 aromatic heterocycles. The summed E-state index contributed by atoms with van der Waals surface area (Å²) in [6.07, 6.45) is 1.69. The van der Waals surface area contributed by atoms with Gasteiger partial charge in [-0.1, -0.05) is 35.9 Å². The van der Waals surface area contributed by atoms with E-state index in [1.165, 1.54) is 26.9 Å². The summed E-state index contributed by atoms with van der Waals surface area (Å²) in [5.74, 6) is -0.258. The number of hydrogen-bond donors (Lipinski definition) is 1. The molecular weight excluding hydrogens is 364 g/mol. The number of benzene rings is 2. The van der Waals surface area contributed by atoms with Crippen molar-refractivity contribution in [2.45, 2.75) is 33.9 Å². The highest BCUT2D eigenvalue weighted by molar-refractivity contribution is 6.07. The number of amides is 1. The van der Waals surface area contributed by atoms with Gasteiger partial charge in [-0.3, -0.25) is 9.59 Å². The lowest BCUT2D eigenvalue weighted by Gasteiger charge is -2.14. The zero-order valence-electron chi connectivity index (χ0n) is 17.1. The van der Waals surface area contributed by atoms with Crippen LogP contribution in [0.3, 0.4) is 0 Å². The molecule has 6 heteroatoms. The van der Waals surface area contributed by atoms with Crippen LogP contribution in [0.4, 0.5) is 0 Å². The van der Waals surface area contributed by atoms with Gasteiger partial charge in [0.2, 0.25) is 5.91 Å². The molecule has 0 aliphatic carbocycles. The van der Waals surface area contributed by atoms with Crippen molar-refractivity contribution in [2.24, 2.45) is 0 Å². The monoisotopic (exact) mass is 388 g/mol. The van der Waals surface area contributed by atoms with Gasteiger partial charge in [0.05, 0.1) is 6.20 Å². The third-order valence-corrected chi connectivity index (χ3v) is 5.50. The average Bonchev–Trinajstić information content (AvgIpc) is 3.01. The molecule has 2 aromatic carbocycles. The highest BCUT2D eigenvalue weighted by Gasteiger charge is 2.18. The number of para-hydroxylation sites is 1. The zero-order valence-corrected chi connectivity index (χ0v) is 17.1. The molecule has 0 aliphatic rings. The van der Waals surface area contributed by atoms with Gasteiger partial charge in [-0.2, -0.15) is 5.10 Å². The van der Waals surface area contributed by atoms with E-state index in [2.05, 4.69) is 47.9 Å². The van der Waals surface area contributed by atoms with E-state index in [1.807, 2.05) is 24.3 Å². The first-order valence-electron chi connectivity index (χ1n) is 9.65. The molecule has 4 aromatic rings. The molecule has 0 atom stereocenters. The van der Waals surface area contributed by atoms with Crippen molar-refractivity contribution in [3.05, 3.63) is 75.2 Å². The van der Waals surface area contributed by atoms with Crippen LogP contribution in [-0.2, 0) is 17.9 Å². The topological polar surface area (TPSA) is 68.9 Å². The molecule has 0 unspecified atom stereocenters. The lowest BCUT2D eigenvalue weighted by molar-refractivity contribution is -0.121. The molecule has 2 heterocycles. The van der Waals surface area contributed by atoms with Gasteiger partial charge in [-0.25, -0.2) is 4.68 Å². The third-order valence-electron chi connectivity index (χ3n) is 5.50. The Labute approximate surface area is 168 Å². The highest BCUT2D eigenvalue weighted by atomic mass is 16.2. The normalized spacial score (nSPS) is 11.3. The number of carbonyl (C=O) groups is 1. The molecule has 1 amide bonds. The molecule has 4 rings (SSSR count). The van der Waals surface area contributed by atoms with Crippen LogP contribution in [0.2, 0.25) is 0 Å². The fourth-order valence-electron chi connectivity index (χ4n) is 4.10. The summed E-state index contributed by atoms with van der Waals surface area (Å²) in [5, 5.41) is 8.58. The molecule has 0 bridgehead atoms. The maximum absolute atomic E-state index is 13.3. The molecule has 148 valence electrons. The number of likely N-dealkylation sites (N-methyl/N-ethyl adjacent to an activating group) is 1. The second-order valence-corrected chi connectivity index (χ2v) is 7.52. The molecule has 0 saturated heterocycles. The van der Waals surface area contributed by atoms with E-state index in [1.54, 1.807) is 13.2 Å². The smallest absolute Gasteiger partial charge is 0.291 e. The maximum Gasteiger partial charge on any atom is 0.291 e. The Hall–Kier alpha value is -3.41. The minimum absolute atomic E-state index is 0.102. The molecule has 1 N–H and O–H groups in total. The standard InChI is InChI=1S/C23H24N4O2/c1-14-9-15(2)19(16(3)10-14)12-26-20-8-6-5-7-17(20)18-11-25-27(13-21(28)24-4)23(29)22(18)26/h5-11H,12-13H2,1-4H3,(H,24,28). The van der Waals surface area contributed by atoms with E-state index in [9.17, 15) is 9.59 Å². The Morgan fingerprint density at radius 3 is 2.45 bits per heavy atom. The Kier molecular flexibility index (Phi) is 4.70. The van der Waals surface area contributed by atoms with Crippen LogP contribution < -0.4 is 10.9 Å². The van der Waals surface area contributed by atoms with Crippen LogP contribution in [-0.4, -0.2) is 27.3 Å². The van der Waals surface area contributed by atoms with Gasteiger partial charge in [0.1, 0.15) is 12.1 Å². The number of nitrogens with zero attached hydrogens (tertiary/aromatic N) is 3. The SMILES string of the molecule is CNC(=O)Cn1ncc2c3ccccc3n(Cc3c(C)cc(C)cc3C)c2c1=O. The lowest BCUT2D eigenvalue weighted by atomic mass is 10.00. The van der Waals surface area contributed by atoms with Gasteiger partial charge < -0.3 is 9.88 Å². The van der Waals surface area contributed by atoms with Gasteiger partial charge >= 0.3 is 0 Å². The molecular formula is C23H24N4O2. The highest BCUT2D eigenvalue weighted by Crippen LogP contribution is 2.28. The summed E-state index contributed by atoms with van der Waals surface area (Å²) in [6.45, 7) is 6.78. The third kappa shape index (κ3) is 3.20. The van der Waals surface area contributed by atoms with Crippen LogP contribution in [0.1, 0.15) is 22.3 Å². The van der Waals surface area contributed by atoms with E-state index in [0.717, 1.165) is 16.3 Å². The Balaban J connectivity index is 2.00. The Morgan fingerprint density at radius 1 is 1.07 bits per heavy atom. The lowest BCUT2D eigenvalue weighted by Crippen LogP contribution is -2.32. The molecule has 0 spiro atoms. The van der Waals surface area contributed by atoms with Gasteiger partial charge in [0.15, 0.2) is 0 Å². The summed E-state index contributed by atoms with van der Waals surface area (Å²) in [6, 6.07) is 12.3. The first-order chi connectivity index (χ1) is 13.9. The minimum atomic E-state index is -0.260. The summed E-state index contributed by atoms with van der Waals surface area (Å²) in [4.78, 5) is 25.1. The number of aryl methyl sites for hydroxylation is 3. The number of rotatable bonds is 4. The Bertz CT molecular complexity index is 1290. The zero-order chi connectivity index (χ0) is 20.7. The van der Waals surface area contributed by atoms with E-state index < -0.39 is 0 Å². The average molecular weight is 388 g/mol. The second kappa shape index (κ2) is 7.20. The fourth-order valence-corrected chi connectivity index (χ4v) is 4.10. The second-order valence-electron chi connectivity index (χ2n) is 7.52. The van der Waals surface area contributed by atoms with Crippen molar-refractivity contribution < 1.29 is 4.79 Å². The van der Waals surface area contributed by atoms with E-state index in [0.29, 0.717) is 12.1 Å². The fraction of sp³-hybridized carbons (Fsp3) is 0.261. The van der Waals surface area contributed by atoms with Crippen molar-refractivity contribution >= 4 is 27.7 Å². The van der Waals surface area contributed by atoms with Crippen LogP contribution in [0.5, 0.6) is 0 Å². The van der Waals surface area contributed by atoms with Crippen LogP contribution >= 0.6 is 0 Å². The van der Waals surface area contributed by atoms with Crippen LogP contribution in [0, 0.1) is 20.8 Å². The summed E-state index contributed by atoms with van der Waals surface area (Å²) < 4.78 is 3.28. The number of nitrogens with one attached hydrogen (secondary N) is 1. The molecule has 6 nitrogen and oxygen atoms in total. The summed E-state index contributed by atoms with van der Waals surface area (Å²) in [5.41, 5.74) is 6.13. The van der Waals surface area contributed by atoms with Crippen molar-refractivity contribution in [3.8, 4) is 0 Å². The predicted molar refractivity (Wildman–Crippen MR) is 115 cm³/mol. The molecule has 0 fully saturated rings. The van der Waals surface area contributed by atoms with Crippen molar-refractivity contribution in [2.75, 3.05) is 7.05 Å². The first-order valence-corrected chi connectivity index (χ1v) is 9.65. The van der Waals surface area contributed by atoms with Gasteiger partial charge in [0.25, 0.3) is 5.56 Å². The number of fused-ring (bicyclic) bond motifs is 3. The molecule has 0 radical (unpaired) electrons. The van der Waals surface area contributed by atoms with Gasteiger partial charge in [-0.05, 0) is 43.5 Å². The number of aromatic nitrogens is 3. The summed E-state index contributed by atoms with van der Waals surface area (Å²) in [7, 11) is 1.55. The maximum atomic E-state index is 13.3. The van der Waals surface area contributed by atoms with Gasteiger partial charge in [-0.15, -0.1) is 0 Å². The minimum Gasteiger partial charge on any atom is -0.358 e. The van der Waals surface area contributed by atoms with E-state index >= 15 is 0 Å². The molecule has 29 heavy (non-hydrogen) atoms. The van der Waals surface area contributed by atoms with E-state index in [-0.39, 0.29) is 18.0 Å².